The third-order valence-corrected chi connectivity index (χ3v) is 5.81. The number of rotatable bonds is 7. The van der Waals surface area contributed by atoms with E-state index in [0.717, 1.165) is 43.6 Å². The Labute approximate surface area is 178 Å². The van der Waals surface area contributed by atoms with Gasteiger partial charge in [0, 0.05) is 49.6 Å². The number of aliphatic imine (C=N–C) groups is 1. The molecule has 1 aliphatic heterocycles. The Balaban J connectivity index is 1.43. The molecule has 2 atom stereocenters. The summed E-state index contributed by atoms with van der Waals surface area (Å²) in [4.78, 5) is 12.5. The molecule has 2 unspecified atom stereocenters. The lowest BCUT2D eigenvalue weighted by Gasteiger charge is -2.32. The summed E-state index contributed by atoms with van der Waals surface area (Å²) >= 11 is 1.86. The zero-order chi connectivity index (χ0) is 20.5. The van der Waals surface area contributed by atoms with E-state index in [9.17, 15) is 0 Å². The van der Waals surface area contributed by atoms with Gasteiger partial charge in [-0.3, -0.25) is 4.99 Å². The third kappa shape index (κ3) is 6.94. The third-order valence-electron chi connectivity index (χ3n) is 4.70. The number of hydrogen-bond donors (Lipinski definition) is 2. The van der Waals surface area contributed by atoms with Crippen LogP contribution in [0.1, 0.15) is 19.4 Å². The monoisotopic (exact) mass is 413 g/mol. The number of pyridine rings is 1. The Morgan fingerprint density at radius 1 is 1.28 bits per heavy atom. The highest BCUT2D eigenvalue weighted by Gasteiger charge is 2.17. The molecule has 2 aromatic rings. The predicted octanol–water partition coefficient (Wildman–Crippen LogP) is 3.15. The topological polar surface area (TPSA) is 61.8 Å². The van der Waals surface area contributed by atoms with E-state index in [1.165, 1.54) is 4.90 Å². The van der Waals surface area contributed by atoms with Crippen molar-refractivity contribution in [1.29, 1.82) is 0 Å². The van der Waals surface area contributed by atoms with E-state index < -0.39 is 0 Å². The van der Waals surface area contributed by atoms with Crippen LogP contribution < -0.4 is 15.5 Å². The van der Waals surface area contributed by atoms with Crippen LogP contribution in [0, 0.1) is 0 Å². The first kappa shape index (κ1) is 21.5. The summed E-state index contributed by atoms with van der Waals surface area (Å²) in [5, 5.41) is 7.21. The number of hydrogen-bond acceptors (Lipinski definition) is 5. The van der Waals surface area contributed by atoms with E-state index in [1.807, 2.05) is 24.0 Å². The molecule has 6 nitrogen and oxygen atoms in total. The molecule has 1 fully saturated rings. The second-order valence-electron chi connectivity index (χ2n) is 7.20. The van der Waals surface area contributed by atoms with Crippen molar-refractivity contribution in [2.24, 2.45) is 4.99 Å². The largest absolute Gasteiger partial charge is 0.375 e. The van der Waals surface area contributed by atoms with Crippen molar-refractivity contribution in [3.05, 3.63) is 54.2 Å². The zero-order valence-corrected chi connectivity index (χ0v) is 18.3. The van der Waals surface area contributed by atoms with Gasteiger partial charge in [0.05, 0.1) is 12.7 Å². The van der Waals surface area contributed by atoms with Crippen LogP contribution in [0.3, 0.4) is 0 Å². The molecule has 1 aromatic heterocycles. The SMILES string of the molecule is CN=C(NCc1ccc(N2CCOC(C)C2)nc1)NCC(C)Sc1ccccc1. The molecule has 7 heteroatoms. The highest BCUT2D eigenvalue weighted by Crippen LogP contribution is 2.21. The molecule has 0 bridgehead atoms. The maximum Gasteiger partial charge on any atom is 0.191 e. The lowest BCUT2D eigenvalue weighted by molar-refractivity contribution is 0.0529. The van der Waals surface area contributed by atoms with Gasteiger partial charge < -0.3 is 20.3 Å². The molecule has 2 heterocycles. The molecule has 1 aromatic carbocycles. The standard InChI is InChI=1S/C22H31N5OS/c1-17-16-27(11-12-28-17)21-10-9-19(14-24-21)15-26-22(23-3)25-13-18(2)29-20-7-5-4-6-8-20/h4-10,14,17-18H,11-13,15-16H2,1-3H3,(H2,23,25,26). The second kappa shape index (κ2) is 11.1. The van der Waals surface area contributed by atoms with Crippen molar-refractivity contribution in [2.75, 3.05) is 38.2 Å². The molecule has 0 amide bonds. The minimum atomic E-state index is 0.253. The van der Waals surface area contributed by atoms with Crippen molar-refractivity contribution in [3.8, 4) is 0 Å². The van der Waals surface area contributed by atoms with E-state index in [0.29, 0.717) is 11.8 Å². The maximum atomic E-state index is 5.60. The zero-order valence-electron chi connectivity index (χ0n) is 17.5. The quantitative estimate of drug-likeness (QED) is 0.413. The predicted molar refractivity (Wildman–Crippen MR) is 122 cm³/mol. The molecule has 1 saturated heterocycles. The van der Waals surface area contributed by atoms with Gasteiger partial charge in [-0.2, -0.15) is 0 Å². The number of nitrogens with one attached hydrogen (secondary N) is 2. The van der Waals surface area contributed by atoms with Crippen LogP contribution in [-0.4, -0.2) is 55.6 Å². The number of ether oxygens (including phenoxy) is 1. The fourth-order valence-electron chi connectivity index (χ4n) is 3.15. The van der Waals surface area contributed by atoms with Crippen molar-refractivity contribution in [2.45, 2.75) is 36.6 Å². The number of benzene rings is 1. The van der Waals surface area contributed by atoms with Crippen LogP contribution in [0.5, 0.6) is 0 Å². The fourth-order valence-corrected chi connectivity index (χ4v) is 4.10. The Morgan fingerprint density at radius 3 is 2.79 bits per heavy atom. The molecule has 2 N–H and O–H groups in total. The number of aromatic nitrogens is 1. The second-order valence-corrected chi connectivity index (χ2v) is 8.71. The summed E-state index contributed by atoms with van der Waals surface area (Å²) in [7, 11) is 1.80. The minimum absolute atomic E-state index is 0.253. The molecule has 0 radical (unpaired) electrons. The Morgan fingerprint density at radius 2 is 2.10 bits per heavy atom. The normalized spacial score (nSPS) is 18.4. The fraction of sp³-hybridized carbons (Fsp3) is 0.455. The smallest absolute Gasteiger partial charge is 0.191 e. The maximum absolute atomic E-state index is 5.60. The number of morpholine rings is 1. The van der Waals surface area contributed by atoms with Crippen molar-refractivity contribution in [1.82, 2.24) is 15.6 Å². The molecule has 0 spiro atoms. The van der Waals surface area contributed by atoms with Crippen LogP contribution in [0.25, 0.3) is 0 Å². The Kier molecular flexibility index (Phi) is 8.19. The van der Waals surface area contributed by atoms with Gasteiger partial charge in [-0.25, -0.2) is 4.98 Å². The summed E-state index contributed by atoms with van der Waals surface area (Å²) in [6, 6.07) is 14.7. The van der Waals surface area contributed by atoms with Gasteiger partial charge >= 0.3 is 0 Å². The first-order valence-electron chi connectivity index (χ1n) is 10.1. The highest BCUT2D eigenvalue weighted by molar-refractivity contribution is 8.00. The van der Waals surface area contributed by atoms with Gasteiger partial charge in [0.2, 0.25) is 0 Å². The van der Waals surface area contributed by atoms with E-state index in [4.69, 9.17) is 4.74 Å². The summed E-state index contributed by atoms with van der Waals surface area (Å²) in [6.07, 6.45) is 2.19. The van der Waals surface area contributed by atoms with E-state index >= 15 is 0 Å². The van der Waals surface area contributed by atoms with Crippen LogP contribution in [-0.2, 0) is 11.3 Å². The number of anilines is 1. The van der Waals surface area contributed by atoms with Crippen LogP contribution in [0.4, 0.5) is 5.82 Å². The van der Waals surface area contributed by atoms with Crippen molar-refractivity contribution >= 4 is 23.5 Å². The van der Waals surface area contributed by atoms with Gasteiger partial charge in [0.15, 0.2) is 5.96 Å². The molecule has 29 heavy (non-hydrogen) atoms. The van der Waals surface area contributed by atoms with Gasteiger partial charge in [0.1, 0.15) is 5.82 Å². The van der Waals surface area contributed by atoms with Crippen molar-refractivity contribution in [3.63, 3.8) is 0 Å². The number of guanidine groups is 1. The van der Waals surface area contributed by atoms with Gasteiger partial charge in [-0.05, 0) is 30.7 Å². The summed E-state index contributed by atoms with van der Waals surface area (Å²) in [6.45, 7) is 8.38. The van der Waals surface area contributed by atoms with E-state index in [1.54, 1.807) is 7.05 Å². The lowest BCUT2D eigenvalue weighted by atomic mass is 10.2. The van der Waals surface area contributed by atoms with Crippen molar-refractivity contribution < 1.29 is 4.74 Å². The summed E-state index contributed by atoms with van der Waals surface area (Å²) in [5.41, 5.74) is 1.13. The van der Waals surface area contributed by atoms with Crippen LogP contribution >= 0.6 is 11.8 Å². The summed E-state index contributed by atoms with van der Waals surface area (Å²) < 4.78 is 5.60. The number of thioether (sulfide) groups is 1. The molecular formula is C22H31N5OS. The first-order valence-corrected chi connectivity index (χ1v) is 11.0. The Hall–Kier alpha value is -2.25. The summed E-state index contributed by atoms with van der Waals surface area (Å²) in [5.74, 6) is 1.81. The highest BCUT2D eigenvalue weighted by atomic mass is 32.2. The van der Waals surface area contributed by atoms with Gasteiger partial charge in [0.25, 0.3) is 0 Å². The molecule has 0 aliphatic carbocycles. The van der Waals surface area contributed by atoms with Crippen LogP contribution in [0.15, 0.2) is 58.5 Å². The Bertz CT molecular complexity index is 769. The van der Waals surface area contributed by atoms with Crippen LogP contribution in [0.2, 0.25) is 0 Å². The van der Waals surface area contributed by atoms with Gasteiger partial charge in [-0.1, -0.05) is 31.2 Å². The average Bonchev–Trinajstić information content (AvgIpc) is 2.75. The molecule has 1 aliphatic rings. The van der Waals surface area contributed by atoms with E-state index in [-0.39, 0.29) is 6.10 Å². The molecule has 156 valence electrons. The first-order chi connectivity index (χ1) is 14.1. The molecule has 3 rings (SSSR count). The number of nitrogens with zero attached hydrogens (tertiary/aromatic N) is 3. The molecule has 0 saturated carbocycles. The minimum Gasteiger partial charge on any atom is -0.375 e. The van der Waals surface area contributed by atoms with E-state index in [2.05, 4.69) is 75.8 Å². The molecular weight excluding hydrogens is 382 g/mol. The lowest BCUT2D eigenvalue weighted by Crippen LogP contribution is -2.41. The van der Waals surface area contributed by atoms with Gasteiger partial charge in [-0.15, -0.1) is 11.8 Å². The average molecular weight is 414 g/mol.